The lowest BCUT2D eigenvalue weighted by molar-refractivity contribution is 0.638. The van der Waals surface area contributed by atoms with E-state index in [-0.39, 0.29) is 0 Å². The van der Waals surface area contributed by atoms with Gasteiger partial charge in [-0.3, -0.25) is 0 Å². The Labute approximate surface area is 91.7 Å². The second kappa shape index (κ2) is 4.19. The molecule has 0 aliphatic carbocycles. The Morgan fingerprint density at radius 1 is 1.36 bits per heavy atom. The van der Waals surface area contributed by atoms with E-state index in [1.54, 1.807) is 22.7 Å². The second-order valence-corrected chi connectivity index (χ2v) is 5.19. The van der Waals surface area contributed by atoms with Gasteiger partial charge < -0.3 is 0 Å². The normalized spacial score (nSPS) is 11.1. The number of hydrogen-bond donors (Lipinski definition) is 0. The van der Waals surface area contributed by atoms with E-state index in [1.165, 1.54) is 5.69 Å². The van der Waals surface area contributed by atoms with Gasteiger partial charge in [0.1, 0.15) is 10.7 Å². The van der Waals surface area contributed by atoms with Gasteiger partial charge in [-0.15, -0.1) is 22.7 Å². The molecule has 0 unspecified atom stereocenters. The maximum absolute atomic E-state index is 4.56. The molecule has 4 heteroatoms. The van der Waals surface area contributed by atoms with Gasteiger partial charge in [0.2, 0.25) is 0 Å². The number of hydrogen-bond acceptors (Lipinski definition) is 4. The first kappa shape index (κ1) is 9.80. The van der Waals surface area contributed by atoms with Crippen molar-refractivity contribution in [1.82, 2.24) is 9.97 Å². The van der Waals surface area contributed by atoms with Crippen LogP contribution in [-0.4, -0.2) is 9.97 Å². The van der Waals surface area contributed by atoms with Crippen LogP contribution in [-0.2, 0) is 6.42 Å². The molecular formula is C10H12N2S2. The molecule has 0 spiro atoms. The maximum Gasteiger partial charge on any atom is 0.142 e. The summed E-state index contributed by atoms with van der Waals surface area (Å²) < 4.78 is 0. The van der Waals surface area contributed by atoms with Crippen LogP contribution >= 0.6 is 22.7 Å². The van der Waals surface area contributed by atoms with Gasteiger partial charge in [0.25, 0.3) is 0 Å². The first-order valence-corrected chi connectivity index (χ1v) is 6.41. The van der Waals surface area contributed by atoms with E-state index < -0.39 is 0 Å². The summed E-state index contributed by atoms with van der Waals surface area (Å²) in [4.78, 5) is 8.80. The topological polar surface area (TPSA) is 25.8 Å². The summed E-state index contributed by atoms with van der Waals surface area (Å²) >= 11 is 3.30. The smallest absolute Gasteiger partial charge is 0.142 e. The van der Waals surface area contributed by atoms with E-state index >= 15 is 0 Å². The number of rotatable bonds is 3. The lowest BCUT2D eigenvalue weighted by Gasteiger charge is -1.98. The first-order chi connectivity index (χ1) is 6.75. The molecule has 0 atom stereocenters. The fraction of sp³-hybridized carbons (Fsp3) is 0.400. The number of thiazole rings is 2. The zero-order valence-electron chi connectivity index (χ0n) is 8.23. The minimum absolute atomic E-state index is 0.667. The molecule has 0 aliphatic heterocycles. The van der Waals surface area contributed by atoms with Crippen molar-refractivity contribution in [2.45, 2.75) is 20.3 Å². The molecule has 2 aromatic heterocycles. The van der Waals surface area contributed by atoms with Crippen LogP contribution in [0.2, 0.25) is 0 Å². The largest absolute Gasteiger partial charge is 0.242 e. The molecule has 0 saturated heterocycles. The Morgan fingerprint density at radius 3 is 2.86 bits per heavy atom. The molecule has 0 aliphatic rings. The molecule has 2 nitrogen and oxygen atoms in total. The standard InChI is InChI=1S/C10H12N2S2/c1-7(2)3-8-4-14-10(12-8)9-5-13-6-11-9/h4-7H,3H2,1-2H3. The molecule has 0 saturated carbocycles. The third kappa shape index (κ3) is 2.19. The van der Waals surface area contributed by atoms with Crippen molar-refractivity contribution in [2.75, 3.05) is 0 Å². The quantitative estimate of drug-likeness (QED) is 0.798. The fourth-order valence-electron chi connectivity index (χ4n) is 1.25. The summed E-state index contributed by atoms with van der Waals surface area (Å²) in [5, 5.41) is 5.22. The molecule has 0 bridgehead atoms. The molecule has 0 N–H and O–H groups in total. The van der Waals surface area contributed by atoms with Crippen LogP contribution in [0.4, 0.5) is 0 Å². The molecular weight excluding hydrogens is 212 g/mol. The van der Waals surface area contributed by atoms with Crippen LogP contribution in [0, 0.1) is 5.92 Å². The SMILES string of the molecule is CC(C)Cc1csc(-c2cscn2)n1. The third-order valence-corrected chi connectivity index (χ3v) is 3.32. The van der Waals surface area contributed by atoms with Crippen molar-refractivity contribution in [1.29, 1.82) is 0 Å². The van der Waals surface area contributed by atoms with Crippen LogP contribution in [0.25, 0.3) is 10.7 Å². The van der Waals surface area contributed by atoms with E-state index in [0.29, 0.717) is 5.92 Å². The van der Waals surface area contributed by atoms with Gasteiger partial charge >= 0.3 is 0 Å². The van der Waals surface area contributed by atoms with Crippen LogP contribution in [0.1, 0.15) is 19.5 Å². The van der Waals surface area contributed by atoms with Crippen molar-refractivity contribution in [3.8, 4) is 10.7 Å². The lowest BCUT2D eigenvalue weighted by Crippen LogP contribution is -1.93. The second-order valence-electron chi connectivity index (χ2n) is 3.62. The average Bonchev–Trinajstić information content (AvgIpc) is 2.69. The summed E-state index contributed by atoms with van der Waals surface area (Å²) in [6.45, 7) is 4.42. The molecule has 74 valence electrons. The molecule has 2 rings (SSSR count). The Morgan fingerprint density at radius 2 is 2.21 bits per heavy atom. The van der Waals surface area contributed by atoms with Crippen LogP contribution in [0.3, 0.4) is 0 Å². The Kier molecular flexibility index (Phi) is 2.93. The molecule has 0 amide bonds. The summed E-state index contributed by atoms with van der Waals surface area (Å²) in [7, 11) is 0. The number of aromatic nitrogens is 2. The molecule has 2 heterocycles. The third-order valence-electron chi connectivity index (χ3n) is 1.82. The van der Waals surface area contributed by atoms with Crippen molar-refractivity contribution >= 4 is 22.7 Å². The van der Waals surface area contributed by atoms with Gasteiger partial charge in [0.05, 0.1) is 11.2 Å². The zero-order valence-corrected chi connectivity index (χ0v) is 9.86. The Bertz CT molecular complexity index is 390. The predicted octanol–water partition coefficient (Wildman–Crippen LogP) is 3.47. The van der Waals surface area contributed by atoms with Crippen molar-refractivity contribution in [2.24, 2.45) is 5.92 Å². The molecule has 0 fully saturated rings. The van der Waals surface area contributed by atoms with Crippen LogP contribution < -0.4 is 0 Å². The highest BCUT2D eigenvalue weighted by atomic mass is 32.1. The van der Waals surface area contributed by atoms with Crippen molar-refractivity contribution < 1.29 is 0 Å². The van der Waals surface area contributed by atoms with Gasteiger partial charge in [-0.05, 0) is 12.3 Å². The molecule has 14 heavy (non-hydrogen) atoms. The van der Waals surface area contributed by atoms with Gasteiger partial charge in [0, 0.05) is 10.8 Å². The summed E-state index contributed by atoms with van der Waals surface area (Å²) in [5.41, 5.74) is 4.04. The van der Waals surface area contributed by atoms with E-state index in [4.69, 9.17) is 0 Å². The van der Waals surface area contributed by atoms with Gasteiger partial charge in [-0.25, -0.2) is 9.97 Å². The fourth-order valence-corrected chi connectivity index (χ4v) is 2.66. The minimum atomic E-state index is 0.667. The summed E-state index contributed by atoms with van der Waals surface area (Å²) in [6, 6.07) is 0. The zero-order chi connectivity index (χ0) is 9.97. The highest BCUT2D eigenvalue weighted by molar-refractivity contribution is 7.13. The van der Waals surface area contributed by atoms with Gasteiger partial charge in [0.15, 0.2) is 0 Å². The van der Waals surface area contributed by atoms with Crippen molar-refractivity contribution in [3.05, 3.63) is 22.0 Å². The highest BCUT2D eigenvalue weighted by Crippen LogP contribution is 2.24. The molecule has 0 radical (unpaired) electrons. The Hall–Kier alpha value is -0.740. The minimum Gasteiger partial charge on any atom is -0.242 e. The lowest BCUT2D eigenvalue weighted by atomic mass is 10.1. The first-order valence-electron chi connectivity index (χ1n) is 4.58. The number of nitrogens with zero attached hydrogens (tertiary/aromatic N) is 2. The summed E-state index contributed by atoms with van der Waals surface area (Å²) in [6.07, 6.45) is 1.06. The summed E-state index contributed by atoms with van der Waals surface area (Å²) in [5.74, 6) is 0.667. The van der Waals surface area contributed by atoms with E-state index in [0.717, 1.165) is 17.1 Å². The van der Waals surface area contributed by atoms with Crippen LogP contribution in [0.15, 0.2) is 16.3 Å². The molecule has 0 aromatic carbocycles. The van der Waals surface area contributed by atoms with E-state index in [2.05, 4.69) is 29.2 Å². The van der Waals surface area contributed by atoms with Crippen LogP contribution in [0.5, 0.6) is 0 Å². The van der Waals surface area contributed by atoms with E-state index in [1.807, 2.05) is 10.9 Å². The molecule has 2 aromatic rings. The predicted molar refractivity (Wildman–Crippen MR) is 61.8 cm³/mol. The highest BCUT2D eigenvalue weighted by Gasteiger charge is 2.07. The Balaban J connectivity index is 2.18. The van der Waals surface area contributed by atoms with Crippen molar-refractivity contribution in [3.63, 3.8) is 0 Å². The monoisotopic (exact) mass is 224 g/mol. The van der Waals surface area contributed by atoms with Gasteiger partial charge in [-0.1, -0.05) is 13.8 Å². The average molecular weight is 224 g/mol. The van der Waals surface area contributed by atoms with Gasteiger partial charge in [-0.2, -0.15) is 0 Å². The maximum atomic E-state index is 4.56. The van der Waals surface area contributed by atoms with E-state index in [9.17, 15) is 0 Å².